The van der Waals surface area contributed by atoms with Gasteiger partial charge in [0.2, 0.25) is 11.7 Å². The van der Waals surface area contributed by atoms with Crippen molar-refractivity contribution in [3.63, 3.8) is 0 Å². The molecule has 0 bridgehead atoms. The van der Waals surface area contributed by atoms with E-state index in [1.54, 1.807) is 0 Å². The van der Waals surface area contributed by atoms with Crippen molar-refractivity contribution in [2.75, 3.05) is 11.5 Å². The fourth-order valence-electron chi connectivity index (χ4n) is 2.45. The van der Waals surface area contributed by atoms with Gasteiger partial charge in [0.25, 0.3) is 0 Å². The van der Waals surface area contributed by atoms with Crippen LogP contribution in [0.2, 0.25) is 0 Å². The first-order valence-electron chi connectivity index (χ1n) is 7.25. The Hall–Kier alpha value is -1.41. The highest BCUT2D eigenvalue weighted by molar-refractivity contribution is 7.99. The van der Waals surface area contributed by atoms with Crippen molar-refractivity contribution in [3.8, 4) is 11.6 Å². The van der Waals surface area contributed by atoms with Crippen molar-refractivity contribution in [3.05, 3.63) is 12.2 Å². The molecule has 2 unspecified atom stereocenters. The first-order valence-corrected chi connectivity index (χ1v) is 8.41. The van der Waals surface area contributed by atoms with Crippen LogP contribution in [0.3, 0.4) is 0 Å². The lowest BCUT2D eigenvalue weighted by atomic mass is 10.0. The standard InChI is InChI=1S/C13H20N6OS/c1-8(2)5-10(16-9-3-4-21-6-9)13-17-12(19-20-13)11-14-7-15-18-11/h7-10,16H,3-6H2,1-2H3,(H,14,15,18). The highest BCUT2D eigenvalue weighted by atomic mass is 32.2. The van der Waals surface area contributed by atoms with Crippen molar-refractivity contribution in [1.29, 1.82) is 0 Å². The predicted octanol–water partition coefficient (Wildman–Crippen LogP) is 2.04. The van der Waals surface area contributed by atoms with Gasteiger partial charge in [-0.05, 0) is 24.5 Å². The Morgan fingerprint density at radius 3 is 3.10 bits per heavy atom. The number of H-pyrrole nitrogens is 1. The van der Waals surface area contributed by atoms with Crippen LogP contribution in [-0.4, -0.2) is 42.9 Å². The SMILES string of the molecule is CC(C)CC(NC1CCSC1)c1nc(-c2ncn[nH]2)no1. The molecule has 0 saturated carbocycles. The van der Waals surface area contributed by atoms with Crippen molar-refractivity contribution in [2.45, 2.75) is 38.8 Å². The number of thioether (sulfide) groups is 1. The highest BCUT2D eigenvalue weighted by Crippen LogP contribution is 2.25. The van der Waals surface area contributed by atoms with E-state index in [0.29, 0.717) is 29.5 Å². The van der Waals surface area contributed by atoms with Gasteiger partial charge < -0.3 is 9.84 Å². The molecule has 3 heterocycles. The van der Waals surface area contributed by atoms with E-state index in [2.05, 4.69) is 44.5 Å². The topological polar surface area (TPSA) is 92.5 Å². The second kappa shape index (κ2) is 6.57. The third-order valence-electron chi connectivity index (χ3n) is 3.44. The van der Waals surface area contributed by atoms with E-state index in [9.17, 15) is 0 Å². The van der Waals surface area contributed by atoms with Gasteiger partial charge in [-0.25, -0.2) is 4.98 Å². The molecule has 1 fully saturated rings. The van der Waals surface area contributed by atoms with Gasteiger partial charge in [-0.3, -0.25) is 5.10 Å². The molecule has 0 aromatic carbocycles. The van der Waals surface area contributed by atoms with Gasteiger partial charge >= 0.3 is 0 Å². The van der Waals surface area contributed by atoms with Crippen molar-refractivity contribution in [2.24, 2.45) is 5.92 Å². The first-order chi connectivity index (χ1) is 10.2. The Balaban J connectivity index is 1.75. The lowest BCUT2D eigenvalue weighted by Gasteiger charge is -2.20. The van der Waals surface area contributed by atoms with Gasteiger partial charge in [0, 0.05) is 11.8 Å². The third kappa shape index (κ3) is 3.62. The maximum absolute atomic E-state index is 5.44. The molecular formula is C13H20N6OS. The number of nitrogens with one attached hydrogen (secondary N) is 2. The summed E-state index contributed by atoms with van der Waals surface area (Å²) in [5.41, 5.74) is 0. The molecule has 2 aromatic rings. The Morgan fingerprint density at radius 1 is 1.52 bits per heavy atom. The van der Waals surface area contributed by atoms with Crippen molar-refractivity contribution in [1.82, 2.24) is 30.6 Å². The minimum Gasteiger partial charge on any atom is -0.337 e. The van der Waals surface area contributed by atoms with Crippen molar-refractivity contribution < 1.29 is 4.52 Å². The molecule has 114 valence electrons. The molecule has 1 aliphatic rings. The number of aromatic nitrogens is 5. The van der Waals surface area contributed by atoms with E-state index >= 15 is 0 Å². The van der Waals surface area contributed by atoms with E-state index in [0.717, 1.165) is 12.2 Å². The summed E-state index contributed by atoms with van der Waals surface area (Å²) in [4.78, 5) is 8.52. The molecule has 1 aliphatic heterocycles. The Kier molecular flexibility index (Phi) is 4.54. The summed E-state index contributed by atoms with van der Waals surface area (Å²) in [6.07, 6.45) is 3.60. The second-order valence-corrected chi connectivity index (χ2v) is 6.85. The molecule has 0 amide bonds. The van der Waals surface area contributed by atoms with Crippen LogP contribution >= 0.6 is 11.8 Å². The van der Waals surface area contributed by atoms with Gasteiger partial charge in [0.05, 0.1) is 6.04 Å². The Bertz CT molecular complexity index is 549. The molecule has 2 aromatic heterocycles. The number of hydrogen-bond donors (Lipinski definition) is 2. The molecule has 0 aliphatic carbocycles. The van der Waals surface area contributed by atoms with Crippen LogP contribution in [-0.2, 0) is 0 Å². The van der Waals surface area contributed by atoms with Gasteiger partial charge in [-0.2, -0.15) is 21.8 Å². The van der Waals surface area contributed by atoms with E-state index in [1.807, 2.05) is 11.8 Å². The largest absolute Gasteiger partial charge is 0.337 e. The second-order valence-electron chi connectivity index (χ2n) is 5.70. The van der Waals surface area contributed by atoms with Crippen LogP contribution in [0, 0.1) is 5.92 Å². The van der Waals surface area contributed by atoms with Crippen LogP contribution in [0.15, 0.2) is 10.9 Å². The molecular weight excluding hydrogens is 288 g/mol. The molecule has 2 atom stereocenters. The summed E-state index contributed by atoms with van der Waals surface area (Å²) in [7, 11) is 0. The van der Waals surface area contributed by atoms with E-state index in [-0.39, 0.29) is 6.04 Å². The molecule has 3 rings (SSSR count). The maximum atomic E-state index is 5.44. The fraction of sp³-hybridized carbons (Fsp3) is 0.692. The van der Waals surface area contributed by atoms with Gasteiger partial charge in [-0.15, -0.1) is 0 Å². The summed E-state index contributed by atoms with van der Waals surface area (Å²) in [5.74, 6) is 4.55. The zero-order valence-corrected chi connectivity index (χ0v) is 13.1. The van der Waals surface area contributed by atoms with Crippen LogP contribution < -0.4 is 5.32 Å². The van der Waals surface area contributed by atoms with Crippen LogP contribution in [0.5, 0.6) is 0 Å². The van der Waals surface area contributed by atoms with Crippen LogP contribution in [0.25, 0.3) is 11.6 Å². The Morgan fingerprint density at radius 2 is 2.43 bits per heavy atom. The Labute approximate surface area is 127 Å². The molecule has 0 spiro atoms. The van der Waals surface area contributed by atoms with E-state index in [4.69, 9.17) is 4.52 Å². The summed E-state index contributed by atoms with van der Waals surface area (Å²) < 4.78 is 5.44. The number of aromatic amines is 1. The number of nitrogens with zero attached hydrogens (tertiary/aromatic N) is 4. The lowest BCUT2D eigenvalue weighted by Crippen LogP contribution is -2.33. The van der Waals surface area contributed by atoms with Gasteiger partial charge in [-0.1, -0.05) is 19.0 Å². The smallest absolute Gasteiger partial charge is 0.244 e. The normalized spacial score (nSPS) is 20.2. The molecule has 7 nitrogen and oxygen atoms in total. The summed E-state index contributed by atoms with van der Waals surface area (Å²) in [6.45, 7) is 4.40. The summed E-state index contributed by atoms with van der Waals surface area (Å²) in [5, 5.41) is 14.2. The quantitative estimate of drug-likeness (QED) is 0.843. The number of hydrogen-bond acceptors (Lipinski definition) is 7. The molecule has 2 N–H and O–H groups in total. The van der Waals surface area contributed by atoms with Crippen LogP contribution in [0.4, 0.5) is 0 Å². The first kappa shape index (κ1) is 14.5. The van der Waals surface area contributed by atoms with E-state index < -0.39 is 0 Å². The monoisotopic (exact) mass is 308 g/mol. The summed E-state index contributed by atoms with van der Waals surface area (Å²) in [6, 6.07) is 0.622. The molecule has 0 radical (unpaired) electrons. The average Bonchev–Trinajstić information content (AvgIpc) is 3.19. The van der Waals surface area contributed by atoms with Gasteiger partial charge in [0.15, 0.2) is 5.82 Å². The lowest BCUT2D eigenvalue weighted by molar-refractivity contribution is 0.290. The molecule has 1 saturated heterocycles. The maximum Gasteiger partial charge on any atom is 0.244 e. The zero-order chi connectivity index (χ0) is 14.7. The zero-order valence-electron chi connectivity index (χ0n) is 12.2. The van der Waals surface area contributed by atoms with Crippen LogP contribution in [0.1, 0.15) is 38.6 Å². The summed E-state index contributed by atoms with van der Waals surface area (Å²) >= 11 is 1.99. The van der Waals surface area contributed by atoms with Crippen molar-refractivity contribution >= 4 is 11.8 Å². The fourth-order valence-corrected chi connectivity index (χ4v) is 3.61. The van der Waals surface area contributed by atoms with E-state index in [1.165, 1.54) is 18.5 Å². The predicted molar refractivity (Wildman–Crippen MR) is 80.7 cm³/mol. The highest BCUT2D eigenvalue weighted by Gasteiger charge is 2.26. The molecule has 8 heteroatoms. The number of rotatable bonds is 6. The average molecular weight is 308 g/mol. The molecule has 21 heavy (non-hydrogen) atoms. The minimum atomic E-state index is 0.0953. The van der Waals surface area contributed by atoms with Gasteiger partial charge in [0.1, 0.15) is 6.33 Å². The third-order valence-corrected chi connectivity index (χ3v) is 4.60. The minimum absolute atomic E-state index is 0.0953.